The normalized spacial score (nSPS) is 12.5. The molecule has 0 fully saturated rings. The zero-order chi connectivity index (χ0) is 12.8. The lowest BCUT2D eigenvalue weighted by Gasteiger charge is -2.15. The van der Waals surface area contributed by atoms with Crippen molar-refractivity contribution in [2.45, 2.75) is 45.4 Å². The standard InChI is InChI=1S/C14H18F2O/c1-3-10(5-7-12(17)4-2)13-9-11(15)6-8-14(13)16/h6,8-10H,3-5,7H2,1-2H3. The van der Waals surface area contributed by atoms with Gasteiger partial charge in [0.2, 0.25) is 0 Å². The molecule has 0 aliphatic carbocycles. The van der Waals surface area contributed by atoms with Crippen molar-refractivity contribution in [1.82, 2.24) is 0 Å². The van der Waals surface area contributed by atoms with Gasteiger partial charge in [0.15, 0.2) is 0 Å². The van der Waals surface area contributed by atoms with Crippen molar-refractivity contribution in [3.63, 3.8) is 0 Å². The highest BCUT2D eigenvalue weighted by Gasteiger charge is 2.16. The molecule has 0 N–H and O–H groups in total. The molecule has 0 spiro atoms. The smallest absolute Gasteiger partial charge is 0.132 e. The van der Waals surface area contributed by atoms with Crippen LogP contribution in [0.15, 0.2) is 18.2 Å². The summed E-state index contributed by atoms with van der Waals surface area (Å²) < 4.78 is 26.6. The Morgan fingerprint density at radius 3 is 2.59 bits per heavy atom. The van der Waals surface area contributed by atoms with Gasteiger partial charge in [-0.05, 0) is 42.5 Å². The highest BCUT2D eigenvalue weighted by atomic mass is 19.1. The Bertz CT molecular complexity index is 388. The highest BCUT2D eigenvalue weighted by molar-refractivity contribution is 5.78. The Morgan fingerprint density at radius 1 is 1.29 bits per heavy atom. The first-order valence-corrected chi connectivity index (χ1v) is 6.05. The summed E-state index contributed by atoms with van der Waals surface area (Å²) in [5, 5.41) is 0. The number of Topliss-reactive ketones (excluding diaryl/α,β-unsaturated/α-hetero) is 1. The lowest BCUT2D eigenvalue weighted by molar-refractivity contribution is -0.118. The van der Waals surface area contributed by atoms with Crippen molar-refractivity contribution >= 4 is 5.78 Å². The number of hydrogen-bond donors (Lipinski definition) is 0. The molecule has 1 aromatic carbocycles. The Labute approximate surface area is 101 Å². The minimum absolute atomic E-state index is 0.0822. The van der Waals surface area contributed by atoms with Gasteiger partial charge in [-0.1, -0.05) is 13.8 Å². The van der Waals surface area contributed by atoms with Crippen LogP contribution in [0.25, 0.3) is 0 Å². The second-order valence-corrected chi connectivity index (χ2v) is 4.20. The molecule has 0 saturated carbocycles. The maximum Gasteiger partial charge on any atom is 0.132 e. The summed E-state index contributed by atoms with van der Waals surface area (Å²) >= 11 is 0. The maximum absolute atomic E-state index is 13.6. The molecule has 1 nitrogen and oxygen atoms in total. The van der Waals surface area contributed by atoms with Crippen LogP contribution in [0.4, 0.5) is 8.78 Å². The Kier molecular flexibility index (Phi) is 5.26. The Hall–Kier alpha value is -1.25. The van der Waals surface area contributed by atoms with E-state index in [0.29, 0.717) is 31.2 Å². The summed E-state index contributed by atoms with van der Waals surface area (Å²) in [6.45, 7) is 3.73. The third-order valence-corrected chi connectivity index (χ3v) is 3.06. The van der Waals surface area contributed by atoms with Crippen molar-refractivity contribution < 1.29 is 13.6 Å². The minimum atomic E-state index is -0.429. The van der Waals surface area contributed by atoms with Crippen LogP contribution in [-0.4, -0.2) is 5.78 Å². The minimum Gasteiger partial charge on any atom is -0.300 e. The van der Waals surface area contributed by atoms with Crippen molar-refractivity contribution in [3.8, 4) is 0 Å². The average molecular weight is 240 g/mol. The topological polar surface area (TPSA) is 17.1 Å². The van der Waals surface area contributed by atoms with E-state index in [0.717, 1.165) is 12.1 Å². The fourth-order valence-corrected chi connectivity index (χ4v) is 1.92. The summed E-state index contributed by atoms with van der Waals surface area (Å²) in [5.41, 5.74) is 0.386. The molecule has 1 rings (SSSR count). The molecule has 0 aromatic heterocycles. The van der Waals surface area contributed by atoms with E-state index in [1.807, 2.05) is 13.8 Å². The third-order valence-electron chi connectivity index (χ3n) is 3.06. The van der Waals surface area contributed by atoms with Gasteiger partial charge in [-0.25, -0.2) is 8.78 Å². The molecule has 17 heavy (non-hydrogen) atoms. The van der Waals surface area contributed by atoms with Gasteiger partial charge >= 0.3 is 0 Å². The molecule has 3 heteroatoms. The van der Waals surface area contributed by atoms with Crippen LogP contribution < -0.4 is 0 Å². The van der Waals surface area contributed by atoms with Gasteiger partial charge < -0.3 is 0 Å². The second-order valence-electron chi connectivity index (χ2n) is 4.20. The monoisotopic (exact) mass is 240 g/mol. The largest absolute Gasteiger partial charge is 0.300 e. The maximum atomic E-state index is 13.6. The molecule has 94 valence electrons. The van der Waals surface area contributed by atoms with Gasteiger partial charge in [0.05, 0.1) is 0 Å². The van der Waals surface area contributed by atoms with Gasteiger partial charge in [0.1, 0.15) is 17.4 Å². The van der Waals surface area contributed by atoms with E-state index < -0.39 is 5.82 Å². The van der Waals surface area contributed by atoms with Crippen molar-refractivity contribution in [1.29, 1.82) is 0 Å². The van der Waals surface area contributed by atoms with Crippen LogP contribution in [0.2, 0.25) is 0 Å². The Balaban J connectivity index is 2.78. The van der Waals surface area contributed by atoms with Crippen LogP contribution in [0.5, 0.6) is 0 Å². The van der Waals surface area contributed by atoms with Crippen LogP contribution in [0.3, 0.4) is 0 Å². The zero-order valence-corrected chi connectivity index (χ0v) is 10.3. The third kappa shape index (κ3) is 3.91. The molecule has 0 radical (unpaired) electrons. The van der Waals surface area contributed by atoms with E-state index in [-0.39, 0.29) is 17.5 Å². The molecule has 0 aliphatic rings. The molecule has 0 saturated heterocycles. The van der Waals surface area contributed by atoms with Crippen LogP contribution in [-0.2, 0) is 4.79 Å². The van der Waals surface area contributed by atoms with Crippen molar-refractivity contribution in [2.24, 2.45) is 0 Å². The summed E-state index contributed by atoms with van der Waals surface area (Å²) in [4.78, 5) is 11.2. The van der Waals surface area contributed by atoms with E-state index in [4.69, 9.17) is 0 Å². The van der Waals surface area contributed by atoms with Crippen LogP contribution in [0, 0.1) is 11.6 Å². The summed E-state index contributed by atoms with van der Waals surface area (Å²) in [6, 6.07) is 3.50. The first-order chi connectivity index (χ1) is 8.08. The van der Waals surface area contributed by atoms with Gasteiger partial charge in [0, 0.05) is 12.8 Å². The van der Waals surface area contributed by atoms with E-state index in [2.05, 4.69) is 0 Å². The molecule has 0 aliphatic heterocycles. The number of rotatable bonds is 6. The molecule has 1 unspecified atom stereocenters. The van der Waals surface area contributed by atoms with Gasteiger partial charge in [-0.2, -0.15) is 0 Å². The predicted molar refractivity (Wildman–Crippen MR) is 63.9 cm³/mol. The molecule has 0 bridgehead atoms. The lowest BCUT2D eigenvalue weighted by Crippen LogP contribution is -2.05. The van der Waals surface area contributed by atoms with Gasteiger partial charge in [-0.15, -0.1) is 0 Å². The number of carbonyl (C=O) groups is 1. The molecular formula is C14H18F2O. The first kappa shape index (κ1) is 13.8. The fraction of sp³-hybridized carbons (Fsp3) is 0.500. The van der Waals surface area contributed by atoms with E-state index in [1.54, 1.807) is 0 Å². The van der Waals surface area contributed by atoms with Crippen LogP contribution in [0.1, 0.15) is 51.0 Å². The highest BCUT2D eigenvalue weighted by Crippen LogP contribution is 2.27. The van der Waals surface area contributed by atoms with E-state index in [9.17, 15) is 13.6 Å². The van der Waals surface area contributed by atoms with Gasteiger partial charge in [-0.3, -0.25) is 4.79 Å². The fourth-order valence-electron chi connectivity index (χ4n) is 1.92. The van der Waals surface area contributed by atoms with Crippen molar-refractivity contribution in [3.05, 3.63) is 35.4 Å². The Morgan fingerprint density at radius 2 is 2.00 bits per heavy atom. The molecule has 1 atom stereocenters. The SMILES string of the molecule is CCC(=O)CCC(CC)c1cc(F)ccc1F. The first-order valence-electron chi connectivity index (χ1n) is 6.05. The number of hydrogen-bond acceptors (Lipinski definition) is 1. The van der Waals surface area contributed by atoms with E-state index >= 15 is 0 Å². The zero-order valence-electron chi connectivity index (χ0n) is 10.3. The van der Waals surface area contributed by atoms with Crippen molar-refractivity contribution in [2.75, 3.05) is 0 Å². The number of benzene rings is 1. The average Bonchev–Trinajstić information content (AvgIpc) is 2.33. The lowest BCUT2D eigenvalue weighted by atomic mass is 9.90. The molecule has 1 aromatic rings. The number of ketones is 1. The van der Waals surface area contributed by atoms with Crippen LogP contribution >= 0.6 is 0 Å². The summed E-state index contributed by atoms with van der Waals surface area (Å²) in [5.74, 6) is -0.731. The van der Waals surface area contributed by atoms with Gasteiger partial charge in [0.25, 0.3) is 0 Å². The second kappa shape index (κ2) is 6.48. The molecular weight excluding hydrogens is 222 g/mol. The molecule has 0 heterocycles. The number of carbonyl (C=O) groups excluding carboxylic acids is 1. The quantitative estimate of drug-likeness (QED) is 0.727. The summed E-state index contributed by atoms with van der Waals surface area (Å²) in [6.07, 6.45) is 2.23. The molecule has 0 amide bonds. The number of halogens is 2. The van der Waals surface area contributed by atoms with E-state index in [1.165, 1.54) is 6.07 Å². The predicted octanol–water partition coefficient (Wildman–Crippen LogP) is 4.22. The summed E-state index contributed by atoms with van der Waals surface area (Å²) in [7, 11) is 0.